The van der Waals surface area contributed by atoms with Gasteiger partial charge in [-0.05, 0) is 36.0 Å². The van der Waals surface area contributed by atoms with Gasteiger partial charge in [0, 0.05) is 19.1 Å². The number of benzene rings is 1. The van der Waals surface area contributed by atoms with E-state index in [1.165, 1.54) is 11.3 Å². The molecule has 0 spiro atoms. The lowest BCUT2D eigenvalue weighted by atomic mass is 9.86. The van der Waals surface area contributed by atoms with Crippen LogP contribution in [-0.4, -0.2) is 26.2 Å². The van der Waals surface area contributed by atoms with E-state index in [0.29, 0.717) is 6.04 Å². The van der Waals surface area contributed by atoms with Gasteiger partial charge in [-0.25, -0.2) is 0 Å². The van der Waals surface area contributed by atoms with Crippen LogP contribution in [0, 0.1) is 0 Å². The molecule has 1 aliphatic rings. The van der Waals surface area contributed by atoms with Gasteiger partial charge < -0.3 is 15.4 Å². The second-order valence-electron chi connectivity index (χ2n) is 6.46. The minimum atomic E-state index is 0.149. The molecular weight excluding hydrogens is 236 g/mol. The number of hydrogen-bond donors (Lipinski definition) is 1. The van der Waals surface area contributed by atoms with Crippen LogP contribution in [0.2, 0.25) is 0 Å². The highest BCUT2D eigenvalue weighted by Gasteiger charge is 2.21. The monoisotopic (exact) mass is 262 g/mol. The van der Waals surface area contributed by atoms with E-state index in [1.54, 1.807) is 7.11 Å². The van der Waals surface area contributed by atoms with Crippen molar-refractivity contribution in [3.63, 3.8) is 0 Å². The molecule has 0 saturated carbocycles. The van der Waals surface area contributed by atoms with Crippen molar-refractivity contribution in [1.29, 1.82) is 0 Å². The van der Waals surface area contributed by atoms with Gasteiger partial charge in [0.25, 0.3) is 0 Å². The van der Waals surface area contributed by atoms with E-state index in [9.17, 15) is 0 Å². The lowest BCUT2D eigenvalue weighted by Crippen LogP contribution is -2.39. The fourth-order valence-corrected chi connectivity index (χ4v) is 2.55. The molecule has 2 N–H and O–H groups in total. The predicted octanol–water partition coefficient (Wildman–Crippen LogP) is 2.92. The Morgan fingerprint density at radius 1 is 1.21 bits per heavy atom. The van der Waals surface area contributed by atoms with Crippen LogP contribution in [0.3, 0.4) is 0 Å². The topological polar surface area (TPSA) is 38.5 Å². The van der Waals surface area contributed by atoms with Crippen molar-refractivity contribution in [3.8, 4) is 5.75 Å². The molecule has 2 rings (SSSR count). The predicted molar refractivity (Wildman–Crippen MR) is 81.1 cm³/mol. The molecular formula is C16H26N2O. The SMILES string of the molecule is COc1cc(C(C)(C)C)ccc1N1CCC(N)CC1. The van der Waals surface area contributed by atoms with E-state index in [-0.39, 0.29) is 5.41 Å². The summed E-state index contributed by atoms with van der Waals surface area (Å²) in [5.74, 6) is 0.975. The molecule has 0 aliphatic carbocycles. The van der Waals surface area contributed by atoms with Crippen molar-refractivity contribution in [2.45, 2.75) is 45.1 Å². The third kappa shape index (κ3) is 3.21. The second-order valence-corrected chi connectivity index (χ2v) is 6.46. The lowest BCUT2D eigenvalue weighted by Gasteiger charge is -2.33. The van der Waals surface area contributed by atoms with Crippen molar-refractivity contribution < 1.29 is 4.74 Å². The van der Waals surface area contributed by atoms with Crippen LogP contribution >= 0.6 is 0 Å². The Bertz CT molecular complexity index is 429. The molecule has 0 atom stereocenters. The highest BCUT2D eigenvalue weighted by Crippen LogP contribution is 2.34. The highest BCUT2D eigenvalue weighted by atomic mass is 16.5. The maximum atomic E-state index is 5.97. The molecule has 0 aromatic heterocycles. The first-order chi connectivity index (χ1) is 8.91. The van der Waals surface area contributed by atoms with Gasteiger partial charge in [-0.2, -0.15) is 0 Å². The van der Waals surface area contributed by atoms with E-state index in [0.717, 1.165) is 31.7 Å². The number of anilines is 1. The molecule has 1 aliphatic heterocycles. The van der Waals surface area contributed by atoms with E-state index < -0.39 is 0 Å². The summed E-state index contributed by atoms with van der Waals surface area (Å²) in [6.45, 7) is 8.71. The summed E-state index contributed by atoms with van der Waals surface area (Å²) in [5, 5.41) is 0. The number of ether oxygens (including phenoxy) is 1. The quantitative estimate of drug-likeness (QED) is 0.890. The maximum Gasteiger partial charge on any atom is 0.142 e. The Morgan fingerprint density at radius 3 is 2.37 bits per heavy atom. The second kappa shape index (κ2) is 5.41. The summed E-state index contributed by atoms with van der Waals surface area (Å²) in [7, 11) is 1.75. The molecule has 0 radical (unpaired) electrons. The first kappa shape index (κ1) is 14.2. The summed E-state index contributed by atoms with van der Waals surface area (Å²) in [5.41, 5.74) is 8.62. The Labute approximate surface area is 116 Å². The number of nitrogens with zero attached hydrogens (tertiary/aromatic N) is 1. The third-order valence-electron chi connectivity index (χ3n) is 3.93. The van der Waals surface area contributed by atoms with Gasteiger partial charge in [-0.3, -0.25) is 0 Å². The molecule has 0 bridgehead atoms. The third-order valence-corrected chi connectivity index (χ3v) is 3.93. The zero-order valence-electron chi connectivity index (χ0n) is 12.6. The number of rotatable bonds is 2. The zero-order valence-corrected chi connectivity index (χ0v) is 12.6. The Hall–Kier alpha value is -1.22. The number of hydrogen-bond acceptors (Lipinski definition) is 3. The molecule has 1 aromatic carbocycles. The Morgan fingerprint density at radius 2 is 1.84 bits per heavy atom. The van der Waals surface area contributed by atoms with Gasteiger partial charge in [0.05, 0.1) is 12.8 Å². The van der Waals surface area contributed by atoms with Gasteiger partial charge in [-0.1, -0.05) is 26.8 Å². The summed E-state index contributed by atoms with van der Waals surface area (Å²) in [4.78, 5) is 2.38. The molecule has 0 unspecified atom stereocenters. The van der Waals surface area contributed by atoms with Crippen LogP contribution in [0.25, 0.3) is 0 Å². The van der Waals surface area contributed by atoms with Crippen LogP contribution in [0.15, 0.2) is 18.2 Å². The molecule has 3 nitrogen and oxygen atoms in total. The Balaban J connectivity index is 2.26. The summed E-state index contributed by atoms with van der Waals surface area (Å²) in [6, 6.07) is 6.93. The van der Waals surface area contributed by atoms with Crippen molar-refractivity contribution in [2.75, 3.05) is 25.1 Å². The van der Waals surface area contributed by atoms with E-state index >= 15 is 0 Å². The van der Waals surface area contributed by atoms with Crippen LogP contribution in [0.5, 0.6) is 5.75 Å². The summed E-state index contributed by atoms with van der Waals surface area (Å²) >= 11 is 0. The normalized spacial score (nSPS) is 17.6. The van der Waals surface area contributed by atoms with Crippen LogP contribution in [0.1, 0.15) is 39.2 Å². The first-order valence-corrected chi connectivity index (χ1v) is 7.11. The molecule has 3 heteroatoms. The van der Waals surface area contributed by atoms with Gasteiger partial charge in [0.15, 0.2) is 0 Å². The molecule has 1 heterocycles. The molecule has 19 heavy (non-hydrogen) atoms. The molecule has 0 amide bonds. The van der Waals surface area contributed by atoms with Crippen LogP contribution in [0.4, 0.5) is 5.69 Å². The number of nitrogens with two attached hydrogens (primary N) is 1. The fourth-order valence-electron chi connectivity index (χ4n) is 2.55. The van der Waals surface area contributed by atoms with E-state index in [1.807, 2.05) is 0 Å². The highest BCUT2D eigenvalue weighted by molar-refractivity contribution is 5.60. The van der Waals surface area contributed by atoms with Gasteiger partial charge in [0.1, 0.15) is 5.75 Å². The fraction of sp³-hybridized carbons (Fsp3) is 0.625. The molecule has 1 saturated heterocycles. The van der Waals surface area contributed by atoms with E-state index in [4.69, 9.17) is 10.5 Å². The van der Waals surface area contributed by atoms with E-state index in [2.05, 4.69) is 43.9 Å². The largest absolute Gasteiger partial charge is 0.495 e. The van der Waals surface area contributed by atoms with Gasteiger partial charge in [-0.15, -0.1) is 0 Å². The minimum absolute atomic E-state index is 0.149. The van der Waals surface area contributed by atoms with Crippen LogP contribution < -0.4 is 15.4 Å². The average Bonchev–Trinajstić information content (AvgIpc) is 2.38. The molecule has 1 fully saturated rings. The van der Waals surface area contributed by atoms with Crippen molar-refractivity contribution in [3.05, 3.63) is 23.8 Å². The molecule has 1 aromatic rings. The number of piperidine rings is 1. The van der Waals surface area contributed by atoms with Gasteiger partial charge >= 0.3 is 0 Å². The first-order valence-electron chi connectivity index (χ1n) is 7.11. The van der Waals surface area contributed by atoms with Crippen molar-refractivity contribution in [2.24, 2.45) is 5.73 Å². The average molecular weight is 262 g/mol. The van der Waals surface area contributed by atoms with Crippen molar-refractivity contribution in [1.82, 2.24) is 0 Å². The number of methoxy groups -OCH3 is 1. The lowest BCUT2D eigenvalue weighted by molar-refractivity contribution is 0.409. The maximum absolute atomic E-state index is 5.97. The molecule has 106 valence electrons. The van der Waals surface area contributed by atoms with Crippen LogP contribution in [-0.2, 0) is 5.41 Å². The summed E-state index contributed by atoms with van der Waals surface area (Å²) < 4.78 is 5.59. The summed E-state index contributed by atoms with van der Waals surface area (Å²) in [6.07, 6.45) is 2.12. The van der Waals surface area contributed by atoms with Crippen molar-refractivity contribution >= 4 is 5.69 Å². The Kier molecular flexibility index (Phi) is 4.04. The minimum Gasteiger partial charge on any atom is -0.495 e. The zero-order chi connectivity index (χ0) is 14.0. The standard InChI is InChI=1S/C16H26N2O/c1-16(2,3)12-5-6-14(15(11-12)19-4)18-9-7-13(17)8-10-18/h5-6,11,13H,7-10,17H2,1-4H3. The smallest absolute Gasteiger partial charge is 0.142 e. The van der Waals surface area contributed by atoms with Gasteiger partial charge in [0.2, 0.25) is 0 Å².